The van der Waals surface area contributed by atoms with Gasteiger partial charge in [-0.15, -0.1) is 0 Å². The first-order valence-corrected chi connectivity index (χ1v) is 7.02. The van der Waals surface area contributed by atoms with Gasteiger partial charge in [-0.25, -0.2) is 0 Å². The second-order valence-corrected chi connectivity index (χ2v) is 5.79. The number of hydrogen-bond acceptors (Lipinski definition) is 3. The van der Waals surface area contributed by atoms with Crippen molar-refractivity contribution in [3.8, 4) is 0 Å². The Labute approximate surface area is 110 Å². The van der Waals surface area contributed by atoms with Crippen molar-refractivity contribution in [3.05, 3.63) is 29.8 Å². The fourth-order valence-corrected chi connectivity index (χ4v) is 3.04. The van der Waals surface area contributed by atoms with Crippen LogP contribution in [-0.4, -0.2) is 43.0 Å². The Bertz CT molecular complexity index is 406. The molecule has 1 aliphatic heterocycles. The average Bonchev–Trinajstić information content (AvgIpc) is 3.17. The summed E-state index contributed by atoms with van der Waals surface area (Å²) in [5, 5.41) is 0. The summed E-state index contributed by atoms with van der Waals surface area (Å²) in [7, 11) is 2.21. The minimum absolute atomic E-state index is 0.599. The van der Waals surface area contributed by atoms with Gasteiger partial charge in [0.1, 0.15) is 0 Å². The summed E-state index contributed by atoms with van der Waals surface area (Å²) in [6, 6.07) is 9.09. The normalized spacial score (nSPS) is 24.1. The highest BCUT2D eigenvalue weighted by atomic mass is 15.3. The minimum atomic E-state index is 0.599. The summed E-state index contributed by atoms with van der Waals surface area (Å²) in [4.78, 5) is 5.08. The number of rotatable bonds is 3. The molecule has 0 aromatic heterocycles. The first kappa shape index (κ1) is 12.0. The van der Waals surface area contributed by atoms with Crippen LogP contribution in [0, 0.1) is 5.92 Å². The van der Waals surface area contributed by atoms with Crippen LogP contribution in [-0.2, 0) is 0 Å². The van der Waals surface area contributed by atoms with Gasteiger partial charge in [-0.2, -0.15) is 0 Å². The van der Waals surface area contributed by atoms with Crippen molar-refractivity contribution in [2.45, 2.75) is 18.9 Å². The quantitative estimate of drug-likeness (QED) is 0.826. The molecule has 2 aliphatic rings. The molecule has 18 heavy (non-hydrogen) atoms. The maximum Gasteiger partial charge on any atom is 0.0378 e. The lowest BCUT2D eigenvalue weighted by molar-refractivity contribution is 0.100. The molecule has 2 N–H and O–H groups in total. The Hall–Kier alpha value is -1.06. The summed E-state index contributed by atoms with van der Waals surface area (Å²) >= 11 is 0. The van der Waals surface area contributed by atoms with E-state index in [-0.39, 0.29) is 0 Å². The number of likely N-dealkylation sites (N-methyl/N-ethyl adjacent to an activating group) is 1. The highest BCUT2D eigenvalue weighted by molar-refractivity contribution is 5.42. The van der Waals surface area contributed by atoms with Gasteiger partial charge in [-0.3, -0.25) is 4.90 Å². The predicted molar refractivity (Wildman–Crippen MR) is 75.4 cm³/mol. The van der Waals surface area contributed by atoms with Gasteiger partial charge >= 0.3 is 0 Å². The third kappa shape index (κ3) is 2.52. The summed E-state index contributed by atoms with van der Waals surface area (Å²) in [5.74, 6) is 0.857. The lowest BCUT2D eigenvalue weighted by Crippen LogP contribution is -2.46. The molecule has 0 spiro atoms. The predicted octanol–water partition coefficient (Wildman–Crippen LogP) is 1.97. The summed E-state index contributed by atoms with van der Waals surface area (Å²) in [6.07, 6.45) is 2.76. The number of benzene rings is 1. The molecule has 1 unspecified atom stereocenters. The third-order valence-electron chi connectivity index (χ3n) is 4.25. The van der Waals surface area contributed by atoms with Crippen molar-refractivity contribution >= 4 is 5.69 Å². The van der Waals surface area contributed by atoms with Crippen LogP contribution in [0.25, 0.3) is 0 Å². The SMILES string of the molecule is CN1CCN(C(c2cccc(N)c2)C2CC2)CC1. The van der Waals surface area contributed by atoms with Crippen LogP contribution in [0.4, 0.5) is 5.69 Å². The zero-order chi connectivity index (χ0) is 12.5. The Morgan fingerprint density at radius 3 is 2.50 bits per heavy atom. The second kappa shape index (κ2) is 4.90. The monoisotopic (exact) mass is 245 g/mol. The van der Waals surface area contributed by atoms with E-state index in [4.69, 9.17) is 5.73 Å². The van der Waals surface area contributed by atoms with E-state index in [1.165, 1.54) is 44.6 Å². The van der Waals surface area contributed by atoms with E-state index in [0.29, 0.717) is 6.04 Å². The van der Waals surface area contributed by atoms with E-state index >= 15 is 0 Å². The van der Waals surface area contributed by atoms with Gasteiger partial charge in [0.05, 0.1) is 0 Å². The number of nitrogen functional groups attached to an aromatic ring is 1. The van der Waals surface area contributed by atoms with Crippen molar-refractivity contribution in [2.75, 3.05) is 39.0 Å². The lowest BCUT2D eigenvalue weighted by Gasteiger charge is -2.38. The molecular formula is C15H23N3. The molecule has 1 saturated carbocycles. The number of nitrogens with two attached hydrogens (primary N) is 1. The molecule has 1 saturated heterocycles. The molecule has 98 valence electrons. The smallest absolute Gasteiger partial charge is 0.0378 e. The maximum absolute atomic E-state index is 5.94. The fourth-order valence-electron chi connectivity index (χ4n) is 3.04. The molecule has 0 bridgehead atoms. The zero-order valence-electron chi connectivity index (χ0n) is 11.2. The van der Waals surface area contributed by atoms with E-state index in [0.717, 1.165) is 11.6 Å². The lowest BCUT2D eigenvalue weighted by atomic mass is 9.99. The molecule has 3 heteroatoms. The zero-order valence-corrected chi connectivity index (χ0v) is 11.2. The van der Waals surface area contributed by atoms with E-state index in [2.05, 4.69) is 35.0 Å². The maximum atomic E-state index is 5.94. The topological polar surface area (TPSA) is 32.5 Å². The fraction of sp³-hybridized carbons (Fsp3) is 0.600. The van der Waals surface area contributed by atoms with Crippen molar-refractivity contribution in [3.63, 3.8) is 0 Å². The van der Waals surface area contributed by atoms with Crippen LogP contribution >= 0.6 is 0 Å². The minimum Gasteiger partial charge on any atom is -0.399 e. The third-order valence-corrected chi connectivity index (χ3v) is 4.25. The first-order valence-electron chi connectivity index (χ1n) is 7.02. The number of anilines is 1. The number of nitrogens with zero attached hydrogens (tertiary/aromatic N) is 2. The summed E-state index contributed by atoms with van der Waals surface area (Å²) in [6.45, 7) is 4.75. The van der Waals surface area contributed by atoms with Gasteiger partial charge in [-0.1, -0.05) is 12.1 Å². The van der Waals surface area contributed by atoms with Crippen LogP contribution in [0.2, 0.25) is 0 Å². The van der Waals surface area contributed by atoms with Gasteiger partial charge in [0, 0.05) is 37.9 Å². The number of hydrogen-bond donors (Lipinski definition) is 1. The van der Waals surface area contributed by atoms with Crippen LogP contribution in [0.15, 0.2) is 24.3 Å². The van der Waals surface area contributed by atoms with Gasteiger partial charge in [-0.05, 0) is 43.5 Å². The van der Waals surface area contributed by atoms with Crippen molar-refractivity contribution < 1.29 is 0 Å². The van der Waals surface area contributed by atoms with Crippen LogP contribution < -0.4 is 5.73 Å². The van der Waals surface area contributed by atoms with Crippen molar-refractivity contribution in [1.29, 1.82) is 0 Å². The molecular weight excluding hydrogens is 222 g/mol. The van der Waals surface area contributed by atoms with E-state index in [1.54, 1.807) is 0 Å². The van der Waals surface area contributed by atoms with Crippen LogP contribution in [0.5, 0.6) is 0 Å². The molecule has 1 heterocycles. The Kier molecular flexibility index (Phi) is 3.27. The Balaban J connectivity index is 1.80. The van der Waals surface area contributed by atoms with E-state index in [1.807, 2.05) is 6.07 Å². The second-order valence-electron chi connectivity index (χ2n) is 5.79. The Morgan fingerprint density at radius 1 is 1.17 bits per heavy atom. The highest BCUT2D eigenvalue weighted by Gasteiger charge is 2.37. The van der Waals surface area contributed by atoms with Crippen molar-refractivity contribution in [2.24, 2.45) is 5.92 Å². The molecule has 2 fully saturated rings. The molecule has 1 aliphatic carbocycles. The Morgan fingerprint density at radius 2 is 1.89 bits per heavy atom. The van der Waals surface area contributed by atoms with Crippen LogP contribution in [0.3, 0.4) is 0 Å². The first-order chi connectivity index (χ1) is 8.74. The molecule has 1 atom stereocenters. The summed E-state index contributed by atoms with van der Waals surface area (Å²) in [5.41, 5.74) is 8.26. The van der Waals surface area contributed by atoms with Crippen molar-refractivity contribution in [1.82, 2.24) is 9.80 Å². The molecule has 3 nitrogen and oxygen atoms in total. The molecule has 1 aromatic carbocycles. The molecule has 0 amide bonds. The highest BCUT2D eigenvalue weighted by Crippen LogP contribution is 2.45. The standard InChI is InChI=1S/C15H23N3/c1-17-7-9-18(10-8-17)15(12-5-6-12)13-3-2-4-14(16)11-13/h2-4,11-12,15H,5-10,16H2,1H3. The van der Waals surface area contributed by atoms with Gasteiger partial charge < -0.3 is 10.6 Å². The molecule has 1 aromatic rings. The number of piperazine rings is 1. The average molecular weight is 245 g/mol. The van der Waals surface area contributed by atoms with Gasteiger partial charge in [0.25, 0.3) is 0 Å². The molecule has 3 rings (SSSR count). The van der Waals surface area contributed by atoms with E-state index < -0.39 is 0 Å². The van der Waals surface area contributed by atoms with Gasteiger partial charge in [0.2, 0.25) is 0 Å². The summed E-state index contributed by atoms with van der Waals surface area (Å²) < 4.78 is 0. The molecule has 0 radical (unpaired) electrons. The largest absolute Gasteiger partial charge is 0.399 e. The van der Waals surface area contributed by atoms with E-state index in [9.17, 15) is 0 Å². The van der Waals surface area contributed by atoms with Crippen LogP contribution in [0.1, 0.15) is 24.4 Å². The van der Waals surface area contributed by atoms with Gasteiger partial charge in [0.15, 0.2) is 0 Å².